The number of nitrogens with zero attached hydrogens (tertiary/aromatic N) is 2. The number of thiocarbonyl (C=S) groups is 1. The van der Waals surface area contributed by atoms with Crippen molar-refractivity contribution in [1.29, 1.82) is 0 Å². The van der Waals surface area contributed by atoms with Gasteiger partial charge in [0.15, 0.2) is 16.6 Å². The average Bonchev–Trinajstić information content (AvgIpc) is 2.80. The van der Waals surface area contributed by atoms with E-state index in [1.54, 1.807) is 67.6 Å². The molecule has 0 aliphatic carbocycles. The quantitative estimate of drug-likeness (QED) is 0.356. The Bertz CT molecular complexity index is 1150. The third-order valence-corrected chi connectivity index (χ3v) is 5.24. The summed E-state index contributed by atoms with van der Waals surface area (Å²) >= 11 is 5.59. The second-order valence-corrected chi connectivity index (χ2v) is 7.32. The zero-order chi connectivity index (χ0) is 22.7. The number of aromatic hydroxyl groups is 1. The Hall–Kier alpha value is -3.97. The third kappa shape index (κ3) is 3.98. The zero-order valence-corrected chi connectivity index (χ0v) is 18.1. The van der Waals surface area contributed by atoms with Crippen molar-refractivity contribution in [3.05, 3.63) is 90.0 Å². The lowest BCUT2D eigenvalue weighted by atomic mass is 10.0. The molecule has 1 fully saturated rings. The fourth-order valence-corrected chi connectivity index (χ4v) is 3.77. The SMILES string of the molecule is CCOc1cc(C=C2C(=O)N(c3ccccc3)C(=S)N(c3ccccc3)C2=O)ccc1O. The highest BCUT2D eigenvalue weighted by molar-refractivity contribution is 7.81. The molecule has 160 valence electrons. The molecule has 3 aromatic rings. The number of amides is 2. The van der Waals surface area contributed by atoms with Crippen LogP contribution in [0.1, 0.15) is 12.5 Å². The first-order valence-corrected chi connectivity index (χ1v) is 10.4. The predicted octanol–water partition coefficient (Wildman–Crippen LogP) is 4.54. The Morgan fingerprint density at radius 2 is 1.41 bits per heavy atom. The molecule has 0 saturated carbocycles. The van der Waals surface area contributed by atoms with Crippen LogP contribution in [-0.2, 0) is 9.59 Å². The monoisotopic (exact) mass is 444 g/mol. The van der Waals surface area contributed by atoms with E-state index in [9.17, 15) is 14.7 Å². The van der Waals surface area contributed by atoms with Gasteiger partial charge in [-0.05, 0) is 67.2 Å². The number of phenolic OH excluding ortho intramolecular Hbond substituents is 1. The summed E-state index contributed by atoms with van der Waals surface area (Å²) in [6.07, 6.45) is 1.49. The molecule has 0 atom stereocenters. The number of carbonyl (C=O) groups excluding carboxylic acids is 2. The largest absolute Gasteiger partial charge is 0.504 e. The van der Waals surface area contributed by atoms with Crippen LogP contribution in [0.3, 0.4) is 0 Å². The number of hydrogen-bond donors (Lipinski definition) is 1. The van der Waals surface area contributed by atoms with E-state index in [1.807, 2.05) is 12.1 Å². The maximum Gasteiger partial charge on any atom is 0.270 e. The van der Waals surface area contributed by atoms with Gasteiger partial charge >= 0.3 is 0 Å². The minimum absolute atomic E-state index is 0.0201. The van der Waals surface area contributed by atoms with E-state index in [2.05, 4.69) is 0 Å². The maximum atomic E-state index is 13.4. The molecule has 3 aromatic carbocycles. The van der Waals surface area contributed by atoms with Crippen LogP contribution < -0.4 is 14.5 Å². The van der Waals surface area contributed by atoms with Crippen molar-refractivity contribution in [3.8, 4) is 11.5 Å². The Morgan fingerprint density at radius 3 is 1.91 bits per heavy atom. The summed E-state index contributed by atoms with van der Waals surface area (Å²) in [5.41, 5.74) is 1.60. The zero-order valence-electron chi connectivity index (χ0n) is 17.3. The molecule has 0 unspecified atom stereocenters. The van der Waals surface area contributed by atoms with Gasteiger partial charge in [0.1, 0.15) is 5.57 Å². The summed E-state index contributed by atoms with van der Waals surface area (Å²) in [6.45, 7) is 2.17. The van der Waals surface area contributed by atoms with Gasteiger partial charge in [0, 0.05) is 0 Å². The third-order valence-electron chi connectivity index (χ3n) is 4.87. The highest BCUT2D eigenvalue weighted by atomic mass is 32.1. The Morgan fingerprint density at radius 1 is 0.875 bits per heavy atom. The van der Waals surface area contributed by atoms with Gasteiger partial charge in [0.25, 0.3) is 11.8 Å². The number of hydrogen-bond acceptors (Lipinski definition) is 5. The summed E-state index contributed by atoms with van der Waals surface area (Å²) in [6, 6.07) is 22.6. The summed E-state index contributed by atoms with van der Waals surface area (Å²) in [4.78, 5) is 29.6. The summed E-state index contributed by atoms with van der Waals surface area (Å²) in [7, 11) is 0. The van der Waals surface area contributed by atoms with Gasteiger partial charge in [-0.3, -0.25) is 19.4 Å². The minimum atomic E-state index is -0.524. The van der Waals surface area contributed by atoms with Crippen LogP contribution in [0, 0.1) is 0 Å². The first-order valence-electron chi connectivity index (χ1n) is 10.0. The number of phenols is 1. The van der Waals surface area contributed by atoms with Crippen molar-refractivity contribution in [1.82, 2.24) is 0 Å². The maximum absolute atomic E-state index is 13.4. The van der Waals surface area contributed by atoms with Crippen molar-refractivity contribution in [2.75, 3.05) is 16.4 Å². The van der Waals surface area contributed by atoms with Crippen molar-refractivity contribution < 1.29 is 19.4 Å². The number of anilines is 2. The van der Waals surface area contributed by atoms with E-state index in [-0.39, 0.29) is 22.2 Å². The average molecular weight is 445 g/mol. The number of carbonyl (C=O) groups is 2. The van der Waals surface area contributed by atoms with Gasteiger partial charge in [0.05, 0.1) is 18.0 Å². The van der Waals surface area contributed by atoms with Crippen molar-refractivity contribution >= 4 is 46.6 Å². The van der Waals surface area contributed by atoms with Crippen LogP contribution in [-0.4, -0.2) is 28.6 Å². The van der Waals surface area contributed by atoms with Crippen molar-refractivity contribution in [2.24, 2.45) is 0 Å². The molecular formula is C25H20N2O4S. The molecule has 0 aromatic heterocycles. The molecule has 0 spiro atoms. The van der Waals surface area contributed by atoms with Gasteiger partial charge in [-0.25, -0.2) is 0 Å². The number of rotatable bonds is 5. The summed E-state index contributed by atoms with van der Waals surface area (Å²) in [5.74, 6) is -0.796. The summed E-state index contributed by atoms with van der Waals surface area (Å²) < 4.78 is 5.43. The number of benzene rings is 3. The van der Waals surface area contributed by atoms with E-state index in [1.165, 1.54) is 21.9 Å². The van der Waals surface area contributed by atoms with Crippen molar-refractivity contribution in [2.45, 2.75) is 6.92 Å². The molecule has 1 aliphatic heterocycles. The molecule has 1 N–H and O–H groups in total. The van der Waals surface area contributed by atoms with E-state index < -0.39 is 11.8 Å². The Labute approximate surface area is 191 Å². The van der Waals surface area contributed by atoms with Gasteiger partial charge in [-0.15, -0.1) is 0 Å². The molecule has 1 heterocycles. The van der Waals surface area contributed by atoms with E-state index in [0.717, 1.165) is 0 Å². The minimum Gasteiger partial charge on any atom is -0.504 e. The van der Waals surface area contributed by atoms with Gasteiger partial charge in [-0.1, -0.05) is 42.5 Å². The molecule has 32 heavy (non-hydrogen) atoms. The molecule has 2 amide bonds. The van der Waals surface area contributed by atoms with Crippen molar-refractivity contribution in [3.63, 3.8) is 0 Å². The molecule has 6 nitrogen and oxygen atoms in total. The van der Waals surface area contributed by atoms with Crippen LogP contribution in [0.15, 0.2) is 84.4 Å². The van der Waals surface area contributed by atoms with E-state index in [0.29, 0.717) is 23.5 Å². The molecule has 0 radical (unpaired) electrons. The lowest BCUT2D eigenvalue weighted by molar-refractivity contribution is -0.120. The second kappa shape index (κ2) is 9.03. The highest BCUT2D eigenvalue weighted by Crippen LogP contribution is 2.32. The Balaban J connectivity index is 1.85. The fraction of sp³-hybridized carbons (Fsp3) is 0.0800. The molecule has 1 aliphatic rings. The first-order chi connectivity index (χ1) is 15.5. The van der Waals surface area contributed by atoms with Crippen LogP contribution in [0.2, 0.25) is 0 Å². The number of para-hydroxylation sites is 2. The lowest BCUT2D eigenvalue weighted by Gasteiger charge is -2.36. The Kier molecular flexibility index (Phi) is 6.00. The smallest absolute Gasteiger partial charge is 0.270 e. The number of ether oxygens (including phenoxy) is 1. The first kappa shape index (κ1) is 21.3. The lowest BCUT2D eigenvalue weighted by Crippen LogP contribution is -2.56. The highest BCUT2D eigenvalue weighted by Gasteiger charge is 2.41. The van der Waals surface area contributed by atoms with Gasteiger partial charge in [-0.2, -0.15) is 0 Å². The molecule has 0 bridgehead atoms. The van der Waals surface area contributed by atoms with Crippen LogP contribution in [0.25, 0.3) is 6.08 Å². The second-order valence-electron chi connectivity index (χ2n) is 6.95. The van der Waals surface area contributed by atoms with Crippen LogP contribution >= 0.6 is 12.2 Å². The van der Waals surface area contributed by atoms with Crippen LogP contribution in [0.4, 0.5) is 11.4 Å². The normalized spacial score (nSPS) is 14.0. The standard InChI is InChI=1S/C25H20N2O4S/c1-2-31-22-16-17(13-14-21(22)28)15-20-23(29)26(18-9-5-3-6-10-18)25(32)27(24(20)30)19-11-7-4-8-12-19/h3-16,28H,2H2,1H3. The van der Waals surface area contributed by atoms with E-state index in [4.69, 9.17) is 17.0 Å². The van der Waals surface area contributed by atoms with Gasteiger partial charge in [0.2, 0.25) is 0 Å². The molecule has 7 heteroatoms. The molecule has 1 saturated heterocycles. The fourth-order valence-electron chi connectivity index (χ4n) is 3.40. The van der Waals surface area contributed by atoms with Crippen LogP contribution in [0.5, 0.6) is 11.5 Å². The van der Waals surface area contributed by atoms with Gasteiger partial charge < -0.3 is 9.84 Å². The predicted molar refractivity (Wildman–Crippen MR) is 128 cm³/mol. The molecular weight excluding hydrogens is 424 g/mol. The molecule has 4 rings (SSSR count). The van der Waals surface area contributed by atoms with E-state index >= 15 is 0 Å². The topological polar surface area (TPSA) is 70.1 Å². The summed E-state index contributed by atoms with van der Waals surface area (Å²) in [5, 5.41) is 10.1.